The van der Waals surface area contributed by atoms with E-state index in [1.807, 2.05) is 19.1 Å². The van der Waals surface area contributed by atoms with Crippen molar-refractivity contribution in [1.82, 2.24) is 0 Å². The number of carbonyl (C=O) groups is 1. The Bertz CT molecular complexity index is 968. The van der Waals surface area contributed by atoms with Crippen molar-refractivity contribution in [3.63, 3.8) is 0 Å². The topological polar surface area (TPSA) is 60.4 Å². The van der Waals surface area contributed by atoms with E-state index >= 15 is 0 Å². The van der Waals surface area contributed by atoms with E-state index in [1.54, 1.807) is 12.1 Å². The molecule has 4 nitrogen and oxygen atoms in total. The number of aryl methyl sites for hydroxylation is 1. The summed E-state index contributed by atoms with van der Waals surface area (Å²) in [5.41, 5.74) is 1.52. The van der Waals surface area contributed by atoms with Crippen LogP contribution in [-0.2, 0) is 19.1 Å². The van der Waals surface area contributed by atoms with E-state index in [0.717, 1.165) is 44.1 Å². The number of hydrogen-bond donors (Lipinski definition) is 0. The third-order valence-electron chi connectivity index (χ3n) is 9.76. The predicted molar refractivity (Wildman–Crippen MR) is 120 cm³/mol. The highest BCUT2D eigenvalue weighted by Gasteiger charge is 2.59. The fourth-order valence-corrected chi connectivity index (χ4v) is 9.14. The van der Waals surface area contributed by atoms with Gasteiger partial charge in [-0.05, 0) is 98.5 Å². The van der Waals surface area contributed by atoms with Crippen LogP contribution in [0.15, 0.2) is 29.2 Å². The molecule has 4 fully saturated rings. The molecule has 0 heterocycles. The Kier molecular flexibility index (Phi) is 5.17. The highest BCUT2D eigenvalue weighted by atomic mass is 32.2. The highest BCUT2D eigenvalue weighted by Crippen LogP contribution is 2.65. The number of carbonyl (C=O) groups excluding carboxylic acids is 1. The monoisotopic (exact) mass is 444 g/mol. The molecule has 4 aliphatic rings. The molecule has 1 aromatic carbocycles. The Balaban J connectivity index is 1.30. The molecule has 4 aliphatic carbocycles. The average Bonchev–Trinajstić information content (AvgIpc) is 3.02. The van der Waals surface area contributed by atoms with E-state index < -0.39 is 10.1 Å². The molecule has 31 heavy (non-hydrogen) atoms. The first kappa shape index (κ1) is 21.6. The molecule has 0 bridgehead atoms. The van der Waals surface area contributed by atoms with Gasteiger partial charge in [-0.25, -0.2) is 0 Å². The first-order chi connectivity index (χ1) is 14.6. The van der Waals surface area contributed by atoms with Gasteiger partial charge in [-0.15, -0.1) is 0 Å². The van der Waals surface area contributed by atoms with Crippen LogP contribution in [0.5, 0.6) is 0 Å². The summed E-state index contributed by atoms with van der Waals surface area (Å²) in [7, 11) is -3.72. The number of rotatable bonds is 3. The average molecular weight is 445 g/mol. The Labute approximate surface area is 187 Å². The molecule has 0 saturated heterocycles. The van der Waals surface area contributed by atoms with Crippen molar-refractivity contribution >= 4 is 15.9 Å². The van der Waals surface area contributed by atoms with Crippen molar-refractivity contribution in [2.75, 3.05) is 0 Å². The standard InChI is InChI=1S/C26H36O4S/c1-17-4-7-21(8-5-17)31(28,29)30-20-10-13-26(3)18(14-20)6-9-22-23(26)11-12-25(2)16-19(27)15-24(22)25/h4-5,7-8,18,20,22-24H,6,9-16H2,1-3H3/t18-,20-,22-,23+,24+,25-,26+/m1/s1. The second-order valence-corrected chi connectivity index (χ2v) is 13.1. The molecule has 7 atom stereocenters. The fraction of sp³-hybridized carbons (Fsp3) is 0.731. The Hall–Kier alpha value is -1.20. The number of hydrogen-bond acceptors (Lipinski definition) is 4. The SMILES string of the molecule is Cc1ccc(S(=O)(=O)O[C@@H]2CC[C@@]3(C)[C@H](CC[C@H]4[C@@H]5CC(=O)C[C@@]5(C)CC[C@@H]43)C2)cc1. The number of ketones is 1. The van der Waals surface area contributed by atoms with E-state index in [4.69, 9.17) is 4.18 Å². The van der Waals surface area contributed by atoms with Crippen LogP contribution in [0.4, 0.5) is 0 Å². The van der Waals surface area contributed by atoms with Crippen LogP contribution >= 0.6 is 0 Å². The van der Waals surface area contributed by atoms with Crippen LogP contribution in [0.25, 0.3) is 0 Å². The maximum Gasteiger partial charge on any atom is 0.297 e. The third kappa shape index (κ3) is 3.60. The van der Waals surface area contributed by atoms with Crippen molar-refractivity contribution in [2.24, 2.45) is 34.5 Å². The molecule has 0 aromatic heterocycles. The van der Waals surface area contributed by atoms with Crippen molar-refractivity contribution in [1.29, 1.82) is 0 Å². The maximum absolute atomic E-state index is 12.8. The quantitative estimate of drug-likeness (QED) is 0.563. The lowest BCUT2D eigenvalue weighted by atomic mass is 9.45. The van der Waals surface area contributed by atoms with Gasteiger partial charge in [0.1, 0.15) is 5.78 Å². The summed E-state index contributed by atoms with van der Waals surface area (Å²) < 4.78 is 31.4. The smallest absolute Gasteiger partial charge is 0.297 e. The molecule has 5 heteroatoms. The maximum atomic E-state index is 12.8. The zero-order valence-corrected chi connectivity index (χ0v) is 19.9. The number of benzene rings is 1. The lowest BCUT2D eigenvalue weighted by Crippen LogP contribution is -2.53. The first-order valence-corrected chi connectivity index (χ1v) is 13.5. The number of fused-ring (bicyclic) bond motifs is 5. The molecule has 1 aromatic rings. The predicted octanol–water partition coefficient (Wildman–Crippen LogP) is 5.68. The largest absolute Gasteiger partial charge is 0.300 e. The summed E-state index contributed by atoms with van der Waals surface area (Å²) in [5, 5.41) is 0. The van der Waals surface area contributed by atoms with Crippen LogP contribution in [0.3, 0.4) is 0 Å². The van der Waals surface area contributed by atoms with Gasteiger partial charge >= 0.3 is 0 Å². The van der Waals surface area contributed by atoms with Gasteiger partial charge in [-0.2, -0.15) is 8.42 Å². The van der Waals surface area contributed by atoms with Gasteiger partial charge < -0.3 is 0 Å². The molecule has 0 aliphatic heterocycles. The molecule has 4 saturated carbocycles. The summed E-state index contributed by atoms with van der Waals surface area (Å²) in [5.74, 6) is 2.89. The van der Waals surface area contributed by atoms with Crippen molar-refractivity contribution < 1.29 is 17.4 Å². The van der Waals surface area contributed by atoms with Gasteiger partial charge in [0.2, 0.25) is 0 Å². The first-order valence-electron chi connectivity index (χ1n) is 12.1. The zero-order valence-electron chi connectivity index (χ0n) is 19.1. The summed E-state index contributed by atoms with van der Waals surface area (Å²) in [6.07, 6.45) is 8.77. The minimum Gasteiger partial charge on any atom is -0.300 e. The lowest BCUT2D eigenvalue weighted by molar-refractivity contribution is -0.119. The highest BCUT2D eigenvalue weighted by molar-refractivity contribution is 7.86. The van der Waals surface area contributed by atoms with E-state index in [0.29, 0.717) is 29.5 Å². The van der Waals surface area contributed by atoms with Gasteiger partial charge in [0, 0.05) is 12.8 Å². The summed E-state index contributed by atoms with van der Waals surface area (Å²) >= 11 is 0. The van der Waals surface area contributed by atoms with Crippen molar-refractivity contribution in [3.8, 4) is 0 Å². The van der Waals surface area contributed by atoms with E-state index in [-0.39, 0.29) is 21.8 Å². The van der Waals surface area contributed by atoms with Crippen molar-refractivity contribution in [2.45, 2.75) is 89.6 Å². The fourth-order valence-electron chi connectivity index (χ4n) is 8.03. The summed E-state index contributed by atoms with van der Waals surface area (Å²) in [6.45, 7) is 6.76. The molecular weight excluding hydrogens is 408 g/mol. The van der Waals surface area contributed by atoms with Crippen LogP contribution in [0.2, 0.25) is 0 Å². The van der Waals surface area contributed by atoms with Gasteiger partial charge in [0.15, 0.2) is 0 Å². The molecule has 0 spiro atoms. The summed E-state index contributed by atoms with van der Waals surface area (Å²) in [4.78, 5) is 12.5. The molecule has 0 radical (unpaired) electrons. The van der Waals surface area contributed by atoms with Gasteiger partial charge in [-0.3, -0.25) is 8.98 Å². The van der Waals surface area contributed by atoms with Crippen LogP contribution in [0.1, 0.15) is 77.2 Å². The van der Waals surface area contributed by atoms with E-state index in [2.05, 4.69) is 13.8 Å². The lowest BCUT2D eigenvalue weighted by Gasteiger charge is -2.60. The Morgan fingerprint density at radius 2 is 1.71 bits per heavy atom. The van der Waals surface area contributed by atoms with Crippen LogP contribution in [0, 0.1) is 41.4 Å². The molecular formula is C26H36O4S. The second kappa shape index (κ2) is 7.41. The molecule has 170 valence electrons. The van der Waals surface area contributed by atoms with E-state index in [1.165, 1.54) is 19.3 Å². The molecule has 0 unspecified atom stereocenters. The minimum atomic E-state index is -3.72. The van der Waals surface area contributed by atoms with Gasteiger partial charge in [0.25, 0.3) is 10.1 Å². The second-order valence-electron chi connectivity index (χ2n) is 11.5. The molecule has 0 amide bonds. The normalized spacial score (nSPS) is 42.5. The van der Waals surface area contributed by atoms with E-state index in [9.17, 15) is 13.2 Å². The van der Waals surface area contributed by atoms with Crippen LogP contribution in [-0.4, -0.2) is 20.3 Å². The number of Topliss-reactive ketones (excluding diaryl/α,β-unsaturated/α-hetero) is 1. The molecule has 5 rings (SSSR count). The zero-order chi connectivity index (χ0) is 22.0. The minimum absolute atomic E-state index is 0.220. The molecule has 0 N–H and O–H groups in total. The Morgan fingerprint density at radius 1 is 0.968 bits per heavy atom. The summed E-state index contributed by atoms with van der Waals surface area (Å²) in [6, 6.07) is 6.93. The third-order valence-corrected chi connectivity index (χ3v) is 11.1. The van der Waals surface area contributed by atoms with Crippen molar-refractivity contribution in [3.05, 3.63) is 29.8 Å². The van der Waals surface area contributed by atoms with Gasteiger partial charge in [0.05, 0.1) is 11.0 Å². The van der Waals surface area contributed by atoms with Gasteiger partial charge in [-0.1, -0.05) is 31.5 Å². The Morgan fingerprint density at radius 3 is 2.45 bits per heavy atom. The van der Waals surface area contributed by atoms with Crippen LogP contribution < -0.4 is 0 Å².